The Hall–Kier alpha value is -3.47. The van der Waals surface area contributed by atoms with Crippen LogP contribution in [-0.4, -0.2) is 12.6 Å². The third kappa shape index (κ3) is 6.27. The van der Waals surface area contributed by atoms with Gasteiger partial charge in [-0.25, -0.2) is 14.6 Å². The maximum atomic E-state index is 12.2. The van der Waals surface area contributed by atoms with Gasteiger partial charge in [0.05, 0.1) is 12.2 Å². The van der Waals surface area contributed by atoms with Gasteiger partial charge in [0, 0.05) is 0 Å². The van der Waals surface area contributed by atoms with Crippen molar-refractivity contribution in [2.45, 2.75) is 13.0 Å². The average molecular weight is 400 g/mol. The Kier molecular flexibility index (Phi) is 7.72. The molecule has 0 spiro atoms. The van der Waals surface area contributed by atoms with Crippen molar-refractivity contribution in [2.75, 3.05) is 6.61 Å². The molecule has 0 atom stereocenters. The number of carbonyl (C=O) groups excluding carboxylic acids is 1. The molecule has 0 amide bonds. The zero-order valence-corrected chi connectivity index (χ0v) is 16.8. The van der Waals surface area contributed by atoms with Gasteiger partial charge < -0.3 is 4.74 Å². The molecule has 4 heteroatoms. The molecule has 0 heterocycles. The fourth-order valence-corrected chi connectivity index (χ4v) is 2.72. The summed E-state index contributed by atoms with van der Waals surface area (Å²) in [7, 11) is 0. The van der Waals surface area contributed by atoms with Crippen LogP contribution >= 0.6 is 0 Å². The van der Waals surface area contributed by atoms with Crippen molar-refractivity contribution >= 4 is 18.1 Å². The van der Waals surface area contributed by atoms with E-state index in [1.165, 1.54) is 0 Å². The molecule has 0 unspecified atom stereocenters. The molecule has 0 N–H and O–H groups in total. The molecule has 3 rings (SSSR count). The maximum Gasteiger partial charge on any atom is 0.343 e. The molecule has 0 radical (unpaired) electrons. The van der Waals surface area contributed by atoms with E-state index in [0.29, 0.717) is 30.9 Å². The predicted molar refractivity (Wildman–Crippen MR) is 119 cm³/mol. The summed E-state index contributed by atoms with van der Waals surface area (Å²) >= 11 is 0. The fraction of sp³-hybridized carbons (Fsp3) is 0.115. The summed E-state index contributed by atoms with van der Waals surface area (Å²) in [6.07, 6.45) is 4.21. The van der Waals surface area contributed by atoms with Crippen molar-refractivity contribution in [1.29, 1.82) is 0 Å². The SMILES string of the molecule is C=Cc1ccc(COOCCc2ccc(OC(=O)c3ccc(C=C)cc3)cc2)cc1. The summed E-state index contributed by atoms with van der Waals surface area (Å²) in [6.45, 7) is 8.25. The first-order valence-corrected chi connectivity index (χ1v) is 9.67. The van der Waals surface area contributed by atoms with Gasteiger partial charge in [-0.3, -0.25) is 0 Å². The van der Waals surface area contributed by atoms with Gasteiger partial charge in [-0.05, 0) is 52.9 Å². The number of benzene rings is 3. The van der Waals surface area contributed by atoms with E-state index >= 15 is 0 Å². The molecule has 4 nitrogen and oxygen atoms in total. The Bertz CT molecular complexity index is 971. The van der Waals surface area contributed by atoms with E-state index < -0.39 is 5.97 Å². The lowest BCUT2D eigenvalue weighted by Crippen LogP contribution is -2.08. The van der Waals surface area contributed by atoms with Gasteiger partial charge in [0.1, 0.15) is 12.4 Å². The molecule has 0 aliphatic carbocycles. The first-order chi connectivity index (χ1) is 14.7. The molecule has 0 aliphatic rings. The van der Waals surface area contributed by atoms with Crippen LogP contribution in [0.25, 0.3) is 12.2 Å². The van der Waals surface area contributed by atoms with E-state index in [0.717, 1.165) is 22.3 Å². The maximum absolute atomic E-state index is 12.2. The van der Waals surface area contributed by atoms with Gasteiger partial charge in [0.25, 0.3) is 0 Å². The largest absolute Gasteiger partial charge is 0.423 e. The molecule has 0 aliphatic heterocycles. The molecule has 0 fully saturated rings. The lowest BCUT2D eigenvalue weighted by atomic mass is 10.1. The van der Waals surface area contributed by atoms with Gasteiger partial charge in [-0.15, -0.1) is 0 Å². The minimum Gasteiger partial charge on any atom is -0.423 e. The Balaban J connectivity index is 1.39. The van der Waals surface area contributed by atoms with Crippen molar-refractivity contribution in [3.8, 4) is 5.75 Å². The highest BCUT2D eigenvalue weighted by atomic mass is 17.2. The van der Waals surface area contributed by atoms with Crippen LogP contribution in [0.4, 0.5) is 0 Å². The van der Waals surface area contributed by atoms with Crippen molar-refractivity contribution in [1.82, 2.24) is 0 Å². The number of hydrogen-bond acceptors (Lipinski definition) is 4. The van der Waals surface area contributed by atoms with Crippen LogP contribution in [0.2, 0.25) is 0 Å². The topological polar surface area (TPSA) is 44.8 Å². The summed E-state index contributed by atoms with van der Waals surface area (Å²) < 4.78 is 5.41. The number of esters is 1. The van der Waals surface area contributed by atoms with Crippen LogP contribution in [-0.2, 0) is 22.8 Å². The third-order valence-corrected chi connectivity index (χ3v) is 4.51. The highest BCUT2D eigenvalue weighted by Crippen LogP contribution is 2.16. The molecule has 0 saturated carbocycles. The number of ether oxygens (including phenoxy) is 1. The van der Waals surface area contributed by atoms with Gasteiger partial charge in [0.15, 0.2) is 0 Å². The van der Waals surface area contributed by atoms with Gasteiger partial charge in [0.2, 0.25) is 0 Å². The number of hydrogen-bond donors (Lipinski definition) is 0. The Morgan fingerprint density at radius 3 is 1.90 bits per heavy atom. The molecule has 152 valence electrons. The van der Waals surface area contributed by atoms with Crippen LogP contribution in [0.5, 0.6) is 5.75 Å². The highest BCUT2D eigenvalue weighted by Gasteiger charge is 2.08. The molecule has 0 saturated heterocycles. The van der Waals surface area contributed by atoms with E-state index in [1.54, 1.807) is 36.4 Å². The van der Waals surface area contributed by atoms with Crippen molar-refractivity contribution in [3.05, 3.63) is 114 Å². The lowest BCUT2D eigenvalue weighted by Gasteiger charge is -2.07. The van der Waals surface area contributed by atoms with Crippen molar-refractivity contribution < 1.29 is 19.3 Å². The second kappa shape index (κ2) is 10.9. The normalized spacial score (nSPS) is 10.4. The molecule has 30 heavy (non-hydrogen) atoms. The molecule has 3 aromatic rings. The first kappa shape index (κ1) is 21.2. The van der Waals surface area contributed by atoms with Crippen LogP contribution in [0.1, 0.15) is 32.6 Å². The summed E-state index contributed by atoms with van der Waals surface area (Å²) in [5.74, 6) is 0.105. The Morgan fingerprint density at radius 2 is 1.30 bits per heavy atom. The second-order valence-corrected chi connectivity index (χ2v) is 6.64. The average Bonchev–Trinajstić information content (AvgIpc) is 2.80. The van der Waals surface area contributed by atoms with Crippen LogP contribution in [0, 0.1) is 0 Å². The predicted octanol–water partition coefficient (Wildman–Crippen LogP) is 5.88. The first-order valence-electron chi connectivity index (χ1n) is 9.67. The Labute approximate surface area is 177 Å². The van der Waals surface area contributed by atoms with E-state index in [9.17, 15) is 4.79 Å². The lowest BCUT2D eigenvalue weighted by molar-refractivity contribution is -0.303. The molecule has 3 aromatic carbocycles. The summed E-state index contributed by atoms with van der Waals surface area (Å²) in [5, 5.41) is 0. The molecular weight excluding hydrogens is 376 g/mol. The summed E-state index contributed by atoms with van der Waals surface area (Å²) in [6, 6.07) is 22.4. The number of rotatable bonds is 10. The smallest absolute Gasteiger partial charge is 0.343 e. The summed E-state index contributed by atoms with van der Waals surface area (Å²) in [4.78, 5) is 22.7. The van der Waals surface area contributed by atoms with Crippen LogP contribution < -0.4 is 4.74 Å². The van der Waals surface area contributed by atoms with Crippen molar-refractivity contribution in [2.24, 2.45) is 0 Å². The van der Waals surface area contributed by atoms with Gasteiger partial charge in [-0.2, -0.15) is 0 Å². The van der Waals surface area contributed by atoms with Crippen LogP contribution in [0.3, 0.4) is 0 Å². The second-order valence-electron chi connectivity index (χ2n) is 6.64. The Morgan fingerprint density at radius 1 is 0.733 bits per heavy atom. The zero-order chi connectivity index (χ0) is 21.2. The minimum absolute atomic E-state index is 0.389. The molecular formula is C26H24O4. The van der Waals surface area contributed by atoms with E-state index in [-0.39, 0.29) is 0 Å². The minimum atomic E-state index is -0.392. The fourth-order valence-electron chi connectivity index (χ4n) is 2.72. The highest BCUT2D eigenvalue weighted by molar-refractivity contribution is 5.91. The molecule has 0 aromatic heterocycles. The van der Waals surface area contributed by atoms with E-state index in [4.69, 9.17) is 14.5 Å². The summed E-state index contributed by atoms with van der Waals surface area (Å²) in [5.41, 5.74) is 4.61. The standard InChI is InChI=1S/C26H24O4/c1-3-20-5-7-23(8-6-20)19-29-28-18-17-22-11-15-25(16-12-22)30-26(27)24-13-9-21(4-2)10-14-24/h3-16H,1-2,17-19H2. The zero-order valence-electron chi connectivity index (χ0n) is 16.8. The third-order valence-electron chi connectivity index (χ3n) is 4.51. The van der Waals surface area contributed by atoms with E-state index in [2.05, 4.69) is 13.2 Å². The van der Waals surface area contributed by atoms with Crippen molar-refractivity contribution in [3.63, 3.8) is 0 Å². The van der Waals surface area contributed by atoms with Gasteiger partial charge >= 0.3 is 5.97 Å². The van der Waals surface area contributed by atoms with Gasteiger partial charge in [-0.1, -0.05) is 73.8 Å². The quantitative estimate of drug-likeness (QED) is 0.140. The monoisotopic (exact) mass is 400 g/mol. The van der Waals surface area contributed by atoms with E-state index in [1.807, 2.05) is 48.5 Å². The molecule has 0 bridgehead atoms. The van der Waals surface area contributed by atoms with Crippen LogP contribution in [0.15, 0.2) is 86.0 Å². The number of carbonyl (C=O) groups is 1.